The Kier molecular flexibility index (Phi) is 5.05. The average Bonchev–Trinajstić information content (AvgIpc) is 2.62. The van der Waals surface area contributed by atoms with Gasteiger partial charge >= 0.3 is 0 Å². The van der Waals surface area contributed by atoms with Crippen molar-refractivity contribution in [1.29, 1.82) is 0 Å². The van der Waals surface area contributed by atoms with Crippen LogP contribution in [0.1, 0.15) is 35.9 Å². The second kappa shape index (κ2) is 7.15. The molecule has 1 aliphatic rings. The Morgan fingerprint density at radius 3 is 2.67 bits per heavy atom. The Balaban J connectivity index is 1.87. The van der Waals surface area contributed by atoms with Gasteiger partial charge in [0.1, 0.15) is 23.2 Å². The number of amides is 1. The van der Waals surface area contributed by atoms with Gasteiger partial charge < -0.3 is 11.1 Å². The molecule has 1 amide bonds. The number of carbonyl (C=O) groups excluding carboxylic acids is 1. The highest BCUT2D eigenvalue weighted by Crippen LogP contribution is 2.32. The lowest BCUT2D eigenvalue weighted by Crippen LogP contribution is -2.47. The summed E-state index contributed by atoms with van der Waals surface area (Å²) in [6.07, 6.45) is 0.932. The lowest BCUT2D eigenvalue weighted by Gasteiger charge is -2.31. The first-order valence-corrected chi connectivity index (χ1v) is 9.45. The maximum atomic E-state index is 14.3. The molecule has 0 saturated carbocycles. The molecule has 0 aliphatic carbocycles. The van der Waals surface area contributed by atoms with E-state index in [2.05, 4.69) is 15.3 Å². The molecule has 0 saturated heterocycles. The van der Waals surface area contributed by atoms with Gasteiger partial charge in [0.05, 0.1) is 22.7 Å². The molecule has 3 N–H and O–H groups in total. The SMILES string of the molecule is CC1(C)C(N)=NC(c2cc(NC(=O)c3ccc(F)cn3)ccc2F)CS1=O. The van der Waals surface area contributed by atoms with Crippen LogP contribution in [0.4, 0.5) is 14.5 Å². The molecule has 1 aliphatic heterocycles. The van der Waals surface area contributed by atoms with Crippen molar-refractivity contribution in [3.63, 3.8) is 0 Å². The van der Waals surface area contributed by atoms with Gasteiger partial charge in [-0.2, -0.15) is 0 Å². The molecule has 2 atom stereocenters. The van der Waals surface area contributed by atoms with E-state index in [0.717, 1.165) is 12.3 Å². The molecule has 2 aromatic rings. The van der Waals surface area contributed by atoms with Gasteiger partial charge in [-0.25, -0.2) is 13.8 Å². The molecule has 6 nitrogen and oxygen atoms in total. The third-order valence-electron chi connectivity index (χ3n) is 4.36. The van der Waals surface area contributed by atoms with E-state index in [1.54, 1.807) is 13.8 Å². The van der Waals surface area contributed by atoms with E-state index >= 15 is 0 Å². The Bertz CT molecular complexity index is 945. The molecule has 0 spiro atoms. The standard InChI is InChI=1S/C18H18F2N4O2S/c1-18(2)17(21)24-15(9-27(18)26)12-7-11(4-5-13(12)20)23-16(25)14-6-3-10(19)8-22-14/h3-8,15H,9H2,1-2H3,(H2,21,24)(H,23,25). The van der Waals surface area contributed by atoms with Crippen molar-refractivity contribution in [2.24, 2.45) is 10.7 Å². The summed E-state index contributed by atoms with van der Waals surface area (Å²) < 4.78 is 38.9. The minimum Gasteiger partial charge on any atom is -0.386 e. The van der Waals surface area contributed by atoms with E-state index in [1.807, 2.05) is 0 Å². The van der Waals surface area contributed by atoms with Gasteiger partial charge in [-0.05, 0) is 44.2 Å². The van der Waals surface area contributed by atoms with Gasteiger partial charge in [0.15, 0.2) is 0 Å². The Morgan fingerprint density at radius 2 is 2.04 bits per heavy atom. The summed E-state index contributed by atoms with van der Waals surface area (Å²) in [6.45, 7) is 3.45. The van der Waals surface area contributed by atoms with Gasteiger partial charge in [0.25, 0.3) is 5.91 Å². The van der Waals surface area contributed by atoms with Gasteiger partial charge in [-0.3, -0.25) is 14.0 Å². The molecule has 2 unspecified atom stereocenters. The van der Waals surface area contributed by atoms with E-state index in [0.29, 0.717) is 5.69 Å². The molecule has 1 aromatic carbocycles. The fraction of sp³-hybridized carbons (Fsp3) is 0.278. The number of aromatic nitrogens is 1. The topological polar surface area (TPSA) is 97.4 Å². The summed E-state index contributed by atoms with van der Waals surface area (Å²) >= 11 is 0. The van der Waals surface area contributed by atoms with Crippen molar-refractivity contribution >= 4 is 28.2 Å². The quantitative estimate of drug-likeness (QED) is 0.839. The number of benzene rings is 1. The molecule has 27 heavy (non-hydrogen) atoms. The van der Waals surface area contributed by atoms with E-state index in [-0.39, 0.29) is 22.8 Å². The van der Waals surface area contributed by atoms with Crippen LogP contribution in [-0.4, -0.2) is 31.4 Å². The summed E-state index contributed by atoms with van der Waals surface area (Å²) in [7, 11) is -1.32. The highest BCUT2D eigenvalue weighted by Gasteiger charge is 2.37. The Hall–Kier alpha value is -2.68. The van der Waals surface area contributed by atoms with Crippen molar-refractivity contribution in [1.82, 2.24) is 4.98 Å². The van der Waals surface area contributed by atoms with Crippen LogP contribution in [0.5, 0.6) is 0 Å². The third-order valence-corrected chi connectivity index (χ3v) is 6.33. The summed E-state index contributed by atoms with van der Waals surface area (Å²) in [4.78, 5) is 20.2. The number of carbonyl (C=O) groups is 1. The van der Waals surface area contributed by atoms with Gasteiger partial charge in [-0.1, -0.05) is 0 Å². The number of halogens is 2. The van der Waals surface area contributed by atoms with Crippen molar-refractivity contribution in [2.75, 3.05) is 11.1 Å². The average molecular weight is 392 g/mol. The molecule has 0 bridgehead atoms. The van der Waals surface area contributed by atoms with Crippen LogP contribution in [0.25, 0.3) is 0 Å². The first-order chi connectivity index (χ1) is 12.7. The summed E-state index contributed by atoms with van der Waals surface area (Å²) in [5, 5.41) is 2.58. The van der Waals surface area contributed by atoms with Crippen molar-refractivity contribution in [3.8, 4) is 0 Å². The third kappa shape index (κ3) is 3.87. The van der Waals surface area contributed by atoms with Crippen LogP contribution in [0.2, 0.25) is 0 Å². The molecule has 142 valence electrons. The van der Waals surface area contributed by atoms with Crippen LogP contribution < -0.4 is 11.1 Å². The second-order valence-electron chi connectivity index (χ2n) is 6.60. The first kappa shape index (κ1) is 19.1. The van der Waals surface area contributed by atoms with E-state index in [4.69, 9.17) is 5.73 Å². The number of aliphatic imine (C=N–C) groups is 1. The zero-order valence-electron chi connectivity index (χ0n) is 14.7. The molecule has 1 aromatic heterocycles. The zero-order valence-corrected chi connectivity index (χ0v) is 15.5. The monoisotopic (exact) mass is 392 g/mol. The number of nitrogens with zero attached hydrogens (tertiary/aromatic N) is 2. The van der Waals surface area contributed by atoms with Crippen LogP contribution >= 0.6 is 0 Å². The van der Waals surface area contributed by atoms with Crippen molar-refractivity contribution in [2.45, 2.75) is 24.6 Å². The number of nitrogens with two attached hydrogens (primary N) is 1. The minimum atomic E-state index is -1.32. The number of nitrogens with one attached hydrogen (secondary N) is 1. The fourth-order valence-corrected chi connectivity index (χ4v) is 3.81. The number of anilines is 1. The predicted molar refractivity (Wildman–Crippen MR) is 100 cm³/mol. The summed E-state index contributed by atoms with van der Waals surface area (Å²) in [5.41, 5.74) is 6.43. The molecular weight excluding hydrogens is 374 g/mol. The summed E-state index contributed by atoms with van der Waals surface area (Å²) in [6, 6.07) is 5.66. The largest absolute Gasteiger partial charge is 0.386 e. The maximum absolute atomic E-state index is 14.3. The van der Waals surface area contributed by atoms with Crippen molar-refractivity contribution in [3.05, 3.63) is 59.4 Å². The molecule has 3 rings (SSSR count). The lowest BCUT2D eigenvalue weighted by atomic mass is 10.1. The van der Waals surface area contributed by atoms with E-state index in [1.165, 1.54) is 24.3 Å². The number of pyridine rings is 1. The minimum absolute atomic E-state index is 0.0186. The molecule has 2 heterocycles. The van der Waals surface area contributed by atoms with E-state index < -0.39 is 39.1 Å². The summed E-state index contributed by atoms with van der Waals surface area (Å²) in [5.74, 6) is -1.34. The molecular formula is C18H18F2N4O2S. The predicted octanol–water partition coefficient (Wildman–Crippen LogP) is 2.55. The molecule has 0 radical (unpaired) electrons. The number of hydrogen-bond acceptors (Lipinski definition) is 5. The smallest absolute Gasteiger partial charge is 0.274 e. The van der Waals surface area contributed by atoms with Gasteiger partial charge in [0, 0.05) is 22.1 Å². The molecule has 0 fully saturated rings. The van der Waals surface area contributed by atoms with Crippen LogP contribution in [-0.2, 0) is 10.8 Å². The molecule has 9 heteroatoms. The highest BCUT2D eigenvalue weighted by molar-refractivity contribution is 7.87. The second-order valence-corrected chi connectivity index (χ2v) is 8.65. The van der Waals surface area contributed by atoms with Crippen LogP contribution in [0.15, 0.2) is 41.5 Å². The van der Waals surface area contributed by atoms with Crippen LogP contribution in [0.3, 0.4) is 0 Å². The van der Waals surface area contributed by atoms with Crippen LogP contribution in [0, 0.1) is 11.6 Å². The maximum Gasteiger partial charge on any atom is 0.274 e. The highest BCUT2D eigenvalue weighted by atomic mass is 32.2. The normalized spacial score (nSPS) is 21.4. The van der Waals surface area contributed by atoms with Gasteiger partial charge in [-0.15, -0.1) is 0 Å². The lowest BCUT2D eigenvalue weighted by molar-refractivity contribution is 0.102. The van der Waals surface area contributed by atoms with E-state index in [9.17, 15) is 17.8 Å². The fourth-order valence-electron chi connectivity index (χ4n) is 2.57. The number of hydrogen-bond donors (Lipinski definition) is 2. The first-order valence-electron chi connectivity index (χ1n) is 8.13. The zero-order chi connectivity index (χ0) is 19.8. The number of amidine groups is 1. The Morgan fingerprint density at radius 1 is 1.30 bits per heavy atom. The number of rotatable bonds is 3. The van der Waals surface area contributed by atoms with Crippen molar-refractivity contribution < 1.29 is 17.8 Å². The van der Waals surface area contributed by atoms with Gasteiger partial charge in [0.2, 0.25) is 0 Å². The Labute approximate surface area is 157 Å².